The van der Waals surface area contributed by atoms with Crippen molar-refractivity contribution in [3.05, 3.63) is 59.7 Å². The van der Waals surface area contributed by atoms with Crippen LogP contribution in [-0.2, 0) is 20.8 Å². The van der Waals surface area contributed by atoms with E-state index >= 15 is 0 Å². The van der Waals surface area contributed by atoms with Crippen molar-refractivity contribution >= 4 is 23.3 Å². The standard InChI is InChI=1S/C17H18N2O4/c1-2-22-17(21)13-6-8-15(9-7-13)19-23-16(20)11-12-4-3-5-14(18)10-12/h3-10,19H,2,11,18H2,1H3. The Balaban J connectivity index is 1.85. The van der Waals surface area contributed by atoms with Gasteiger partial charge in [-0.3, -0.25) is 0 Å². The van der Waals surface area contributed by atoms with Crippen LogP contribution in [0.5, 0.6) is 0 Å². The van der Waals surface area contributed by atoms with Crippen molar-refractivity contribution in [2.24, 2.45) is 0 Å². The van der Waals surface area contributed by atoms with E-state index in [0.717, 1.165) is 5.56 Å². The normalized spacial score (nSPS) is 9.96. The Morgan fingerprint density at radius 1 is 1.13 bits per heavy atom. The quantitative estimate of drug-likeness (QED) is 0.484. The maximum atomic E-state index is 11.8. The van der Waals surface area contributed by atoms with Crippen LogP contribution in [0.2, 0.25) is 0 Å². The predicted molar refractivity (Wildman–Crippen MR) is 86.7 cm³/mol. The van der Waals surface area contributed by atoms with Crippen LogP contribution in [0.4, 0.5) is 11.4 Å². The van der Waals surface area contributed by atoms with E-state index in [-0.39, 0.29) is 6.42 Å². The number of carbonyl (C=O) groups is 2. The van der Waals surface area contributed by atoms with E-state index in [0.29, 0.717) is 23.5 Å². The van der Waals surface area contributed by atoms with Crippen molar-refractivity contribution in [3.8, 4) is 0 Å². The minimum Gasteiger partial charge on any atom is -0.462 e. The Bertz CT molecular complexity index is 683. The van der Waals surface area contributed by atoms with E-state index in [1.807, 2.05) is 0 Å². The Hall–Kier alpha value is -3.02. The minimum atomic E-state index is -0.440. The molecular weight excluding hydrogens is 296 g/mol. The zero-order valence-corrected chi connectivity index (χ0v) is 12.7. The molecule has 0 fully saturated rings. The number of nitrogens with one attached hydrogen (secondary N) is 1. The fourth-order valence-corrected chi connectivity index (χ4v) is 1.91. The molecule has 0 unspecified atom stereocenters. The second-order valence-corrected chi connectivity index (χ2v) is 4.80. The van der Waals surface area contributed by atoms with Crippen LogP contribution in [0, 0.1) is 0 Å². The second-order valence-electron chi connectivity index (χ2n) is 4.80. The first-order chi connectivity index (χ1) is 11.1. The Morgan fingerprint density at radius 3 is 2.52 bits per heavy atom. The molecule has 0 spiro atoms. The fraction of sp³-hybridized carbons (Fsp3) is 0.176. The summed E-state index contributed by atoms with van der Waals surface area (Å²) in [7, 11) is 0. The molecule has 0 aliphatic heterocycles. The van der Waals surface area contributed by atoms with Crippen LogP contribution in [0.25, 0.3) is 0 Å². The summed E-state index contributed by atoms with van der Waals surface area (Å²) in [5.74, 6) is -0.831. The molecule has 0 radical (unpaired) electrons. The molecule has 120 valence electrons. The summed E-state index contributed by atoms with van der Waals surface area (Å²) in [5.41, 5.74) is 10.6. The summed E-state index contributed by atoms with van der Waals surface area (Å²) in [6.07, 6.45) is 0.110. The molecule has 2 aromatic carbocycles. The maximum absolute atomic E-state index is 11.8. The van der Waals surface area contributed by atoms with Gasteiger partial charge in [-0.2, -0.15) is 0 Å². The highest BCUT2D eigenvalue weighted by Gasteiger charge is 2.08. The molecule has 3 N–H and O–H groups in total. The lowest BCUT2D eigenvalue weighted by atomic mass is 10.1. The lowest BCUT2D eigenvalue weighted by Gasteiger charge is -2.08. The molecular formula is C17H18N2O4. The van der Waals surface area contributed by atoms with Crippen molar-refractivity contribution in [1.29, 1.82) is 0 Å². The van der Waals surface area contributed by atoms with Crippen LogP contribution in [0.1, 0.15) is 22.8 Å². The molecule has 0 bridgehead atoms. The summed E-state index contributed by atoms with van der Waals surface area (Å²) < 4.78 is 4.89. The van der Waals surface area contributed by atoms with Crippen LogP contribution in [0.15, 0.2) is 48.5 Å². The van der Waals surface area contributed by atoms with Gasteiger partial charge in [0.1, 0.15) is 0 Å². The Morgan fingerprint density at radius 2 is 1.87 bits per heavy atom. The average molecular weight is 314 g/mol. The number of hydrogen-bond acceptors (Lipinski definition) is 6. The van der Waals surface area contributed by atoms with Gasteiger partial charge in [0.15, 0.2) is 0 Å². The van der Waals surface area contributed by atoms with Crippen LogP contribution >= 0.6 is 0 Å². The molecule has 0 aromatic heterocycles. The highest BCUT2D eigenvalue weighted by molar-refractivity contribution is 5.89. The van der Waals surface area contributed by atoms with Crippen molar-refractivity contribution < 1.29 is 19.2 Å². The molecule has 6 heteroatoms. The number of carbonyl (C=O) groups excluding carboxylic acids is 2. The average Bonchev–Trinajstić information content (AvgIpc) is 2.54. The Labute approximate surface area is 134 Å². The number of esters is 1. The van der Waals surface area contributed by atoms with Crippen molar-refractivity contribution in [1.82, 2.24) is 0 Å². The lowest BCUT2D eigenvalue weighted by Crippen LogP contribution is -2.13. The molecule has 0 heterocycles. The zero-order chi connectivity index (χ0) is 16.7. The van der Waals surface area contributed by atoms with Gasteiger partial charge in [-0.05, 0) is 48.9 Å². The van der Waals surface area contributed by atoms with Gasteiger partial charge in [0, 0.05) is 5.69 Å². The van der Waals surface area contributed by atoms with E-state index in [2.05, 4.69) is 5.48 Å². The SMILES string of the molecule is CCOC(=O)c1ccc(NOC(=O)Cc2cccc(N)c2)cc1. The van der Waals surface area contributed by atoms with Gasteiger partial charge < -0.3 is 15.3 Å². The van der Waals surface area contributed by atoms with E-state index in [9.17, 15) is 9.59 Å². The van der Waals surface area contributed by atoms with Crippen LogP contribution in [0.3, 0.4) is 0 Å². The maximum Gasteiger partial charge on any atom is 0.338 e. The minimum absolute atomic E-state index is 0.110. The summed E-state index contributed by atoms with van der Waals surface area (Å²) >= 11 is 0. The molecule has 0 saturated heterocycles. The van der Waals surface area contributed by atoms with E-state index < -0.39 is 11.9 Å². The summed E-state index contributed by atoms with van der Waals surface area (Å²) in [6, 6.07) is 13.5. The van der Waals surface area contributed by atoms with E-state index in [1.54, 1.807) is 55.5 Å². The van der Waals surface area contributed by atoms with Gasteiger partial charge in [-0.15, -0.1) is 0 Å². The number of nitrogen functional groups attached to an aromatic ring is 1. The van der Waals surface area contributed by atoms with E-state index in [1.165, 1.54) is 0 Å². The lowest BCUT2D eigenvalue weighted by molar-refractivity contribution is -0.139. The van der Waals surface area contributed by atoms with Gasteiger partial charge in [0.05, 0.1) is 24.3 Å². The molecule has 2 rings (SSSR count). The number of nitrogens with two attached hydrogens (primary N) is 1. The number of anilines is 2. The largest absolute Gasteiger partial charge is 0.462 e. The Kier molecular flexibility index (Phi) is 5.57. The molecule has 23 heavy (non-hydrogen) atoms. The van der Waals surface area contributed by atoms with Gasteiger partial charge >= 0.3 is 11.9 Å². The number of rotatable bonds is 6. The molecule has 0 atom stereocenters. The second kappa shape index (κ2) is 7.84. The molecule has 0 amide bonds. The smallest absolute Gasteiger partial charge is 0.338 e. The number of ether oxygens (including phenoxy) is 1. The first-order valence-electron chi connectivity index (χ1n) is 7.15. The number of benzene rings is 2. The van der Waals surface area contributed by atoms with Crippen molar-refractivity contribution in [2.75, 3.05) is 17.8 Å². The van der Waals surface area contributed by atoms with Gasteiger partial charge in [0.25, 0.3) is 0 Å². The zero-order valence-electron chi connectivity index (χ0n) is 12.7. The van der Waals surface area contributed by atoms with Crippen LogP contribution in [-0.4, -0.2) is 18.5 Å². The third-order valence-corrected chi connectivity index (χ3v) is 2.98. The van der Waals surface area contributed by atoms with Gasteiger partial charge in [0.2, 0.25) is 0 Å². The summed E-state index contributed by atoms with van der Waals surface area (Å²) in [6.45, 7) is 2.06. The molecule has 0 saturated carbocycles. The molecule has 0 aliphatic rings. The topological polar surface area (TPSA) is 90.6 Å². The molecule has 0 aliphatic carbocycles. The molecule has 6 nitrogen and oxygen atoms in total. The first kappa shape index (κ1) is 16.4. The van der Waals surface area contributed by atoms with Gasteiger partial charge in [-0.1, -0.05) is 12.1 Å². The molecule has 2 aromatic rings. The third kappa shape index (κ3) is 5.03. The van der Waals surface area contributed by atoms with Crippen molar-refractivity contribution in [3.63, 3.8) is 0 Å². The summed E-state index contributed by atoms with van der Waals surface area (Å²) in [5, 5.41) is 0. The highest BCUT2D eigenvalue weighted by atomic mass is 16.7. The van der Waals surface area contributed by atoms with Crippen molar-refractivity contribution in [2.45, 2.75) is 13.3 Å². The summed E-state index contributed by atoms with van der Waals surface area (Å²) in [4.78, 5) is 28.2. The van der Waals surface area contributed by atoms with Crippen LogP contribution < -0.4 is 11.2 Å². The third-order valence-electron chi connectivity index (χ3n) is 2.98. The predicted octanol–water partition coefficient (Wildman–Crippen LogP) is 2.56. The number of hydrogen-bond donors (Lipinski definition) is 2. The van der Waals surface area contributed by atoms with E-state index in [4.69, 9.17) is 15.3 Å². The monoisotopic (exact) mass is 314 g/mol. The first-order valence-corrected chi connectivity index (χ1v) is 7.15. The highest BCUT2D eigenvalue weighted by Crippen LogP contribution is 2.12. The fourth-order valence-electron chi connectivity index (χ4n) is 1.91. The van der Waals surface area contributed by atoms with Gasteiger partial charge in [-0.25, -0.2) is 15.1 Å².